The molecule has 0 radical (unpaired) electrons. The first-order valence-electron chi connectivity index (χ1n) is 9.83. The highest BCUT2D eigenvalue weighted by atomic mass is 19.4. The molecule has 4 aromatic rings. The molecule has 0 atom stereocenters. The van der Waals surface area contributed by atoms with Gasteiger partial charge in [0.05, 0.1) is 17.6 Å². The maximum Gasteiger partial charge on any atom is 0.416 e. The molecule has 0 fully saturated rings. The molecule has 0 unspecified atom stereocenters. The van der Waals surface area contributed by atoms with Gasteiger partial charge in [-0.05, 0) is 43.7 Å². The summed E-state index contributed by atoms with van der Waals surface area (Å²) in [5.41, 5.74) is -2.83. The minimum Gasteiger partial charge on any atom is -0.320 e. The van der Waals surface area contributed by atoms with E-state index in [-0.39, 0.29) is 29.0 Å². The van der Waals surface area contributed by atoms with Crippen LogP contribution < -0.4 is 11.2 Å². The smallest absolute Gasteiger partial charge is 0.320 e. The Morgan fingerprint density at radius 2 is 1.76 bits per heavy atom. The van der Waals surface area contributed by atoms with Crippen LogP contribution in [0.3, 0.4) is 0 Å². The van der Waals surface area contributed by atoms with Gasteiger partial charge in [0.2, 0.25) is 0 Å². The van der Waals surface area contributed by atoms with Crippen molar-refractivity contribution in [2.24, 2.45) is 0 Å². The molecule has 0 saturated carbocycles. The van der Waals surface area contributed by atoms with Crippen molar-refractivity contribution < 1.29 is 22.0 Å². The van der Waals surface area contributed by atoms with Crippen LogP contribution in [0.25, 0.3) is 16.9 Å². The van der Waals surface area contributed by atoms with Gasteiger partial charge in [-0.25, -0.2) is 23.1 Å². The normalized spacial score (nSPS) is 12.1. The van der Waals surface area contributed by atoms with Crippen LogP contribution in [-0.4, -0.2) is 18.7 Å². The highest BCUT2D eigenvalue weighted by Crippen LogP contribution is 2.30. The molecule has 0 amide bonds. The first-order chi connectivity index (χ1) is 15.5. The lowest BCUT2D eigenvalue weighted by Crippen LogP contribution is -2.41. The lowest BCUT2D eigenvalue weighted by Gasteiger charge is -2.15. The summed E-state index contributed by atoms with van der Waals surface area (Å²) in [6.07, 6.45) is -3.35. The fourth-order valence-corrected chi connectivity index (χ4v) is 3.65. The van der Waals surface area contributed by atoms with Gasteiger partial charge in [0.15, 0.2) is 11.2 Å². The van der Waals surface area contributed by atoms with Gasteiger partial charge in [-0.1, -0.05) is 12.1 Å². The zero-order valence-electron chi connectivity index (χ0n) is 17.4. The monoisotopic (exact) mass is 464 g/mol. The molecular formula is C22H17F5N4O2. The third-order valence-electron chi connectivity index (χ3n) is 5.12. The van der Waals surface area contributed by atoms with Gasteiger partial charge in [-0.2, -0.15) is 13.2 Å². The van der Waals surface area contributed by atoms with E-state index in [1.165, 1.54) is 23.0 Å². The molecule has 0 aliphatic heterocycles. The molecule has 2 heterocycles. The third kappa shape index (κ3) is 3.94. The van der Waals surface area contributed by atoms with E-state index in [0.717, 1.165) is 33.4 Å². The van der Waals surface area contributed by atoms with Crippen LogP contribution in [0.2, 0.25) is 0 Å². The molecule has 33 heavy (non-hydrogen) atoms. The summed E-state index contributed by atoms with van der Waals surface area (Å²) in [7, 11) is 0. The van der Waals surface area contributed by atoms with Gasteiger partial charge >= 0.3 is 11.9 Å². The molecule has 4 rings (SSSR count). The fraction of sp³-hybridized carbons (Fsp3) is 0.227. The first-order valence-corrected chi connectivity index (χ1v) is 9.83. The quantitative estimate of drug-likeness (QED) is 0.424. The minimum atomic E-state index is -4.54. The van der Waals surface area contributed by atoms with E-state index in [1.807, 2.05) is 0 Å². The Morgan fingerprint density at radius 3 is 2.39 bits per heavy atom. The molecule has 2 aromatic carbocycles. The molecular weight excluding hydrogens is 447 g/mol. The standard InChI is InChI=1S/C22H17F5N4O2/c1-12(2)30-20(32)18-19(31(21(30)33)17-7-6-15(23)9-16(17)24)28-11-29(18)10-13-4-3-5-14(8-13)22(25,26)27/h3-9,11-12H,10H2,1-2H3. The van der Waals surface area contributed by atoms with E-state index < -0.39 is 40.7 Å². The Bertz CT molecular complexity index is 1480. The van der Waals surface area contributed by atoms with Gasteiger partial charge in [0, 0.05) is 18.7 Å². The lowest BCUT2D eigenvalue weighted by atomic mass is 10.1. The third-order valence-corrected chi connectivity index (χ3v) is 5.12. The Morgan fingerprint density at radius 1 is 1.03 bits per heavy atom. The molecule has 0 bridgehead atoms. The topological polar surface area (TPSA) is 61.8 Å². The van der Waals surface area contributed by atoms with Gasteiger partial charge in [-0.3, -0.25) is 9.36 Å². The lowest BCUT2D eigenvalue weighted by molar-refractivity contribution is -0.137. The second kappa shape index (κ2) is 7.98. The molecule has 172 valence electrons. The molecule has 6 nitrogen and oxygen atoms in total. The number of rotatable bonds is 4. The summed E-state index contributed by atoms with van der Waals surface area (Å²) < 4.78 is 70.3. The van der Waals surface area contributed by atoms with Crippen molar-refractivity contribution in [2.45, 2.75) is 32.6 Å². The summed E-state index contributed by atoms with van der Waals surface area (Å²) in [6, 6.07) is 6.55. The van der Waals surface area contributed by atoms with Crippen molar-refractivity contribution in [3.63, 3.8) is 0 Å². The van der Waals surface area contributed by atoms with E-state index in [2.05, 4.69) is 4.98 Å². The average molecular weight is 464 g/mol. The maximum absolute atomic E-state index is 14.6. The van der Waals surface area contributed by atoms with Crippen LogP contribution in [0, 0.1) is 11.6 Å². The number of fused-ring (bicyclic) bond motifs is 1. The second-order valence-electron chi connectivity index (χ2n) is 7.73. The largest absolute Gasteiger partial charge is 0.416 e. The number of imidazole rings is 1. The number of hydrogen-bond donors (Lipinski definition) is 0. The fourth-order valence-electron chi connectivity index (χ4n) is 3.65. The average Bonchev–Trinajstić information content (AvgIpc) is 3.12. The Balaban J connectivity index is 1.98. The molecule has 2 aromatic heterocycles. The molecule has 0 aliphatic rings. The van der Waals surface area contributed by atoms with E-state index in [1.54, 1.807) is 13.8 Å². The SMILES string of the molecule is CC(C)n1c(=O)c2c(ncn2Cc2cccc(C(F)(F)F)c2)n(-c2ccc(F)cc2F)c1=O. The molecule has 0 spiro atoms. The minimum absolute atomic E-state index is 0.107. The van der Waals surface area contributed by atoms with Crippen LogP contribution in [0.1, 0.15) is 31.0 Å². The van der Waals surface area contributed by atoms with Gasteiger partial charge in [-0.15, -0.1) is 0 Å². The van der Waals surface area contributed by atoms with E-state index >= 15 is 0 Å². The second-order valence-corrected chi connectivity index (χ2v) is 7.73. The zero-order valence-corrected chi connectivity index (χ0v) is 17.4. The van der Waals surface area contributed by atoms with Gasteiger partial charge in [0.25, 0.3) is 5.56 Å². The summed E-state index contributed by atoms with van der Waals surface area (Å²) in [5.74, 6) is -1.90. The van der Waals surface area contributed by atoms with E-state index in [9.17, 15) is 31.5 Å². The van der Waals surface area contributed by atoms with Crippen molar-refractivity contribution >= 4 is 11.2 Å². The van der Waals surface area contributed by atoms with Crippen molar-refractivity contribution in [1.82, 2.24) is 18.7 Å². The number of alkyl halides is 3. The Kier molecular flexibility index (Phi) is 5.43. The summed E-state index contributed by atoms with van der Waals surface area (Å²) in [6.45, 7) is 3.00. The van der Waals surface area contributed by atoms with Crippen LogP contribution >= 0.6 is 0 Å². The molecule has 11 heteroatoms. The van der Waals surface area contributed by atoms with Crippen molar-refractivity contribution in [3.05, 3.63) is 92.4 Å². The summed E-state index contributed by atoms with van der Waals surface area (Å²) in [5, 5.41) is 0. The summed E-state index contributed by atoms with van der Waals surface area (Å²) in [4.78, 5) is 30.3. The number of nitrogens with zero attached hydrogens (tertiary/aromatic N) is 4. The maximum atomic E-state index is 14.6. The first kappa shape index (κ1) is 22.4. The zero-order chi connectivity index (χ0) is 24.1. The highest BCUT2D eigenvalue weighted by Gasteiger charge is 2.30. The van der Waals surface area contributed by atoms with Crippen LogP contribution in [-0.2, 0) is 12.7 Å². The number of aromatic nitrogens is 4. The molecule has 0 N–H and O–H groups in total. The predicted molar refractivity (Wildman–Crippen MR) is 110 cm³/mol. The number of halogens is 5. The van der Waals surface area contributed by atoms with E-state index in [4.69, 9.17) is 0 Å². The van der Waals surface area contributed by atoms with E-state index in [0.29, 0.717) is 6.07 Å². The van der Waals surface area contributed by atoms with Crippen molar-refractivity contribution in [3.8, 4) is 5.69 Å². The summed E-state index contributed by atoms with van der Waals surface area (Å²) >= 11 is 0. The van der Waals surface area contributed by atoms with Crippen LogP contribution in [0.4, 0.5) is 22.0 Å². The molecule has 0 saturated heterocycles. The van der Waals surface area contributed by atoms with Crippen LogP contribution in [0.15, 0.2) is 58.4 Å². The Labute approximate surface area is 183 Å². The molecule has 0 aliphatic carbocycles. The Hall–Kier alpha value is -3.76. The number of hydrogen-bond acceptors (Lipinski definition) is 3. The predicted octanol–water partition coefficient (Wildman–Crippen LogP) is 4.28. The van der Waals surface area contributed by atoms with Crippen molar-refractivity contribution in [2.75, 3.05) is 0 Å². The highest BCUT2D eigenvalue weighted by molar-refractivity contribution is 5.72. The van der Waals surface area contributed by atoms with Gasteiger partial charge in [0.1, 0.15) is 11.6 Å². The number of benzene rings is 2. The van der Waals surface area contributed by atoms with Crippen molar-refractivity contribution in [1.29, 1.82) is 0 Å². The van der Waals surface area contributed by atoms with Gasteiger partial charge < -0.3 is 4.57 Å². The van der Waals surface area contributed by atoms with Crippen LogP contribution in [0.5, 0.6) is 0 Å².